The summed E-state index contributed by atoms with van der Waals surface area (Å²) in [6, 6.07) is 8.40. The number of nitrogens with zero attached hydrogens (tertiary/aromatic N) is 4. The fourth-order valence-electron chi connectivity index (χ4n) is 4.41. The lowest BCUT2D eigenvalue weighted by Gasteiger charge is -2.35. The lowest BCUT2D eigenvalue weighted by Crippen LogP contribution is -2.39. The second kappa shape index (κ2) is 10.8. The van der Waals surface area contributed by atoms with Gasteiger partial charge in [0.05, 0.1) is 13.3 Å². The summed E-state index contributed by atoms with van der Waals surface area (Å²) in [6.07, 6.45) is 6.78. The van der Waals surface area contributed by atoms with Gasteiger partial charge in [0, 0.05) is 50.0 Å². The molecule has 1 aromatic carbocycles. The van der Waals surface area contributed by atoms with Crippen molar-refractivity contribution in [2.45, 2.75) is 53.2 Å². The molecular formula is C24H38N4O. The summed E-state index contributed by atoms with van der Waals surface area (Å²) in [5.74, 6) is 2.47. The molecule has 0 amide bonds. The molecule has 1 aromatic heterocycles. The zero-order valence-electron chi connectivity index (χ0n) is 18.7. The number of methoxy groups -OCH3 is 1. The molecule has 29 heavy (non-hydrogen) atoms. The third-order valence-electron chi connectivity index (χ3n) is 5.85. The van der Waals surface area contributed by atoms with Crippen LogP contribution in [0.4, 0.5) is 0 Å². The predicted octanol–water partition coefficient (Wildman–Crippen LogP) is 4.28. The van der Waals surface area contributed by atoms with Gasteiger partial charge >= 0.3 is 0 Å². The molecule has 0 spiro atoms. The minimum atomic E-state index is 0.682. The van der Waals surface area contributed by atoms with Crippen molar-refractivity contribution < 1.29 is 4.74 Å². The number of piperidine rings is 1. The standard InChI is InChI=1S/C24H38N4O/c1-5-28-18-22(14-25-28)17-27(15-20(2)3)16-21-10-12-26(13-11-21)19-23-8-6-7-9-24(23)29-4/h6-9,14,18,20-21H,5,10-13,15-17,19H2,1-4H3. The van der Waals surface area contributed by atoms with E-state index in [9.17, 15) is 0 Å². The zero-order valence-corrected chi connectivity index (χ0v) is 18.7. The maximum absolute atomic E-state index is 5.52. The first-order valence-corrected chi connectivity index (χ1v) is 11.1. The average Bonchev–Trinajstić information content (AvgIpc) is 3.17. The second-order valence-electron chi connectivity index (χ2n) is 8.82. The molecule has 5 heteroatoms. The molecule has 0 saturated carbocycles. The Labute approximate surface area is 176 Å². The number of para-hydroxylation sites is 1. The molecule has 1 saturated heterocycles. The van der Waals surface area contributed by atoms with Crippen LogP contribution in [0.3, 0.4) is 0 Å². The highest BCUT2D eigenvalue weighted by Gasteiger charge is 2.23. The minimum Gasteiger partial charge on any atom is -0.496 e. The van der Waals surface area contributed by atoms with Gasteiger partial charge in [-0.3, -0.25) is 14.5 Å². The second-order valence-corrected chi connectivity index (χ2v) is 8.82. The van der Waals surface area contributed by atoms with Crippen LogP contribution in [0.5, 0.6) is 5.75 Å². The normalized spacial score (nSPS) is 16.1. The Balaban J connectivity index is 1.51. The smallest absolute Gasteiger partial charge is 0.123 e. The van der Waals surface area contributed by atoms with Gasteiger partial charge in [0.1, 0.15) is 5.75 Å². The van der Waals surface area contributed by atoms with Crippen LogP contribution in [-0.4, -0.2) is 52.9 Å². The molecule has 0 unspecified atom stereocenters. The monoisotopic (exact) mass is 398 g/mol. The molecule has 0 radical (unpaired) electrons. The summed E-state index contributed by atoms with van der Waals surface area (Å²) in [5, 5.41) is 4.45. The Hall–Kier alpha value is -1.85. The highest BCUT2D eigenvalue weighted by Crippen LogP contribution is 2.24. The van der Waals surface area contributed by atoms with Crippen LogP contribution in [-0.2, 0) is 19.6 Å². The molecule has 0 aliphatic carbocycles. The maximum atomic E-state index is 5.52. The number of ether oxygens (including phenoxy) is 1. The predicted molar refractivity (Wildman–Crippen MR) is 119 cm³/mol. The first-order chi connectivity index (χ1) is 14.1. The summed E-state index contributed by atoms with van der Waals surface area (Å²) in [6.45, 7) is 14.4. The number of benzene rings is 1. The van der Waals surface area contributed by atoms with Gasteiger partial charge in [-0.15, -0.1) is 0 Å². The van der Waals surface area contributed by atoms with E-state index in [1.807, 2.05) is 16.9 Å². The van der Waals surface area contributed by atoms with Gasteiger partial charge in [0.25, 0.3) is 0 Å². The molecule has 1 fully saturated rings. The Kier molecular flexibility index (Phi) is 8.13. The van der Waals surface area contributed by atoms with E-state index in [0.717, 1.165) is 37.8 Å². The van der Waals surface area contributed by atoms with Crippen molar-refractivity contribution in [3.05, 3.63) is 47.8 Å². The van der Waals surface area contributed by atoms with Crippen molar-refractivity contribution in [2.24, 2.45) is 11.8 Å². The molecule has 2 aromatic rings. The molecule has 2 heterocycles. The largest absolute Gasteiger partial charge is 0.496 e. The van der Waals surface area contributed by atoms with Gasteiger partial charge in [-0.2, -0.15) is 5.10 Å². The highest BCUT2D eigenvalue weighted by atomic mass is 16.5. The summed E-state index contributed by atoms with van der Waals surface area (Å²) in [4.78, 5) is 5.22. The molecule has 3 rings (SSSR count). The fraction of sp³-hybridized carbons (Fsp3) is 0.625. The summed E-state index contributed by atoms with van der Waals surface area (Å²) in [5.41, 5.74) is 2.63. The number of hydrogen-bond acceptors (Lipinski definition) is 4. The number of aromatic nitrogens is 2. The quantitative estimate of drug-likeness (QED) is 0.598. The van der Waals surface area contributed by atoms with E-state index >= 15 is 0 Å². The van der Waals surface area contributed by atoms with Gasteiger partial charge in [-0.1, -0.05) is 32.0 Å². The van der Waals surface area contributed by atoms with E-state index in [0.29, 0.717) is 5.92 Å². The van der Waals surface area contributed by atoms with Crippen LogP contribution >= 0.6 is 0 Å². The van der Waals surface area contributed by atoms with E-state index in [4.69, 9.17) is 4.74 Å². The summed E-state index contributed by atoms with van der Waals surface area (Å²) in [7, 11) is 1.76. The van der Waals surface area contributed by atoms with E-state index in [2.05, 4.69) is 60.1 Å². The fourth-order valence-corrected chi connectivity index (χ4v) is 4.41. The van der Waals surface area contributed by atoms with Crippen LogP contribution in [0.1, 0.15) is 44.7 Å². The first-order valence-electron chi connectivity index (χ1n) is 11.1. The topological polar surface area (TPSA) is 33.5 Å². The van der Waals surface area contributed by atoms with Crippen molar-refractivity contribution in [1.82, 2.24) is 19.6 Å². The van der Waals surface area contributed by atoms with Crippen LogP contribution in [0.2, 0.25) is 0 Å². The Morgan fingerprint density at radius 1 is 1.21 bits per heavy atom. The number of rotatable bonds is 10. The first kappa shape index (κ1) is 21.8. The highest BCUT2D eigenvalue weighted by molar-refractivity contribution is 5.33. The van der Waals surface area contributed by atoms with Crippen molar-refractivity contribution in [2.75, 3.05) is 33.3 Å². The lowest BCUT2D eigenvalue weighted by molar-refractivity contribution is 0.128. The molecule has 1 aliphatic rings. The molecule has 0 atom stereocenters. The molecular weight excluding hydrogens is 360 g/mol. The van der Waals surface area contributed by atoms with E-state index in [1.54, 1.807) is 7.11 Å². The Morgan fingerprint density at radius 2 is 1.97 bits per heavy atom. The molecule has 0 bridgehead atoms. The minimum absolute atomic E-state index is 0.682. The molecule has 1 aliphatic heterocycles. The maximum Gasteiger partial charge on any atom is 0.123 e. The van der Waals surface area contributed by atoms with Crippen LogP contribution in [0.25, 0.3) is 0 Å². The van der Waals surface area contributed by atoms with Crippen molar-refractivity contribution in [3.8, 4) is 5.75 Å². The van der Waals surface area contributed by atoms with Gasteiger partial charge in [-0.25, -0.2) is 0 Å². The van der Waals surface area contributed by atoms with Crippen LogP contribution in [0, 0.1) is 11.8 Å². The van der Waals surface area contributed by atoms with Crippen LogP contribution < -0.4 is 4.74 Å². The van der Waals surface area contributed by atoms with Crippen molar-refractivity contribution in [3.63, 3.8) is 0 Å². The number of aryl methyl sites for hydroxylation is 1. The molecule has 160 valence electrons. The van der Waals surface area contributed by atoms with Crippen molar-refractivity contribution in [1.29, 1.82) is 0 Å². The lowest BCUT2D eigenvalue weighted by atomic mass is 9.95. The van der Waals surface area contributed by atoms with Crippen LogP contribution in [0.15, 0.2) is 36.7 Å². The van der Waals surface area contributed by atoms with E-state index in [-0.39, 0.29) is 0 Å². The summed E-state index contributed by atoms with van der Waals surface area (Å²) < 4.78 is 7.55. The summed E-state index contributed by atoms with van der Waals surface area (Å²) >= 11 is 0. The number of likely N-dealkylation sites (tertiary alicyclic amines) is 1. The third-order valence-corrected chi connectivity index (χ3v) is 5.85. The van der Waals surface area contributed by atoms with Gasteiger partial charge in [0.2, 0.25) is 0 Å². The van der Waals surface area contributed by atoms with Gasteiger partial charge < -0.3 is 4.74 Å². The average molecular weight is 399 g/mol. The van der Waals surface area contributed by atoms with E-state index in [1.165, 1.54) is 43.6 Å². The van der Waals surface area contributed by atoms with E-state index < -0.39 is 0 Å². The SMILES string of the molecule is CCn1cc(CN(CC(C)C)CC2CCN(Cc3ccccc3OC)CC2)cn1. The molecule has 0 N–H and O–H groups in total. The third kappa shape index (κ3) is 6.58. The van der Waals surface area contributed by atoms with Gasteiger partial charge in [-0.05, 0) is 50.8 Å². The van der Waals surface area contributed by atoms with Crippen molar-refractivity contribution >= 4 is 0 Å². The Morgan fingerprint density at radius 3 is 2.62 bits per heavy atom. The Bertz CT molecular complexity index is 734. The van der Waals surface area contributed by atoms with Gasteiger partial charge in [0.15, 0.2) is 0 Å². The molecule has 5 nitrogen and oxygen atoms in total. The number of hydrogen-bond donors (Lipinski definition) is 0. The zero-order chi connectivity index (χ0) is 20.6.